The molecule has 1 aliphatic rings. The molecule has 6 nitrogen and oxygen atoms in total. The van der Waals surface area contributed by atoms with Crippen LogP contribution in [0.25, 0.3) is 0 Å². The van der Waals surface area contributed by atoms with Gasteiger partial charge in [-0.05, 0) is 50.2 Å². The number of nitrogens with one attached hydrogen (secondary N) is 1. The van der Waals surface area contributed by atoms with E-state index in [-0.39, 0.29) is 12.5 Å². The third-order valence-electron chi connectivity index (χ3n) is 3.98. The molecule has 2 aromatic rings. The summed E-state index contributed by atoms with van der Waals surface area (Å²) in [5.74, 6) is 7.34. The fraction of sp³-hybridized carbons (Fsp3) is 0.421. The minimum absolute atomic E-state index is 0.105. The van der Waals surface area contributed by atoms with E-state index in [2.05, 4.69) is 32.3 Å². The molecule has 0 saturated carbocycles. The van der Waals surface area contributed by atoms with Crippen molar-refractivity contribution < 1.29 is 9.53 Å². The van der Waals surface area contributed by atoms with Crippen LogP contribution < -0.4 is 10.1 Å². The molecule has 1 saturated heterocycles. The van der Waals surface area contributed by atoms with Crippen LogP contribution in [-0.2, 0) is 4.79 Å². The predicted octanol–water partition coefficient (Wildman–Crippen LogP) is 3.79. The Labute approximate surface area is 178 Å². The summed E-state index contributed by atoms with van der Waals surface area (Å²) in [6.45, 7) is 3.04. The van der Waals surface area contributed by atoms with E-state index in [4.69, 9.17) is 16.3 Å². The Kier molecular flexibility index (Phi) is 8.42. The van der Waals surface area contributed by atoms with Crippen molar-refractivity contribution in [3.05, 3.63) is 29.3 Å². The van der Waals surface area contributed by atoms with Crippen molar-refractivity contribution in [1.29, 1.82) is 0 Å². The Bertz CT molecular complexity index is 826. The van der Waals surface area contributed by atoms with E-state index in [0.29, 0.717) is 21.7 Å². The molecule has 0 bridgehead atoms. The average Bonchev–Trinajstić information content (AvgIpc) is 3.15. The van der Waals surface area contributed by atoms with E-state index in [9.17, 15) is 4.79 Å². The van der Waals surface area contributed by atoms with Crippen LogP contribution in [0, 0.1) is 11.8 Å². The smallest absolute Gasteiger partial charge is 0.264 e. The molecule has 3 rings (SSSR count). The highest BCUT2D eigenvalue weighted by Crippen LogP contribution is 2.25. The third kappa shape index (κ3) is 7.32. The largest absolute Gasteiger partial charge is 0.484 e. The van der Waals surface area contributed by atoms with Crippen LogP contribution in [0.1, 0.15) is 19.3 Å². The van der Waals surface area contributed by atoms with Gasteiger partial charge in [-0.2, -0.15) is 0 Å². The van der Waals surface area contributed by atoms with Gasteiger partial charge in [-0.15, -0.1) is 10.2 Å². The topological polar surface area (TPSA) is 67.3 Å². The van der Waals surface area contributed by atoms with E-state index < -0.39 is 0 Å². The molecule has 148 valence electrons. The highest BCUT2D eigenvalue weighted by Gasteiger charge is 2.10. The van der Waals surface area contributed by atoms with E-state index in [1.165, 1.54) is 42.4 Å². The minimum Gasteiger partial charge on any atom is -0.484 e. The molecular weight excluding hydrogens is 416 g/mol. The fourth-order valence-corrected chi connectivity index (χ4v) is 4.25. The molecule has 1 aliphatic heterocycles. The highest BCUT2D eigenvalue weighted by molar-refractivity contribution is 8.01. The number of piperidine rings is 1. The van der Waals surface area contributed by atoms with Gasteiger partial charge in [0.25, 0.3) is 5.91 Å². The zero-order valence-corrected chi connectivity index (χ0v) is 17.7. The number of ether oxygens (including phenoxy) is 1. The Morgan fingerprint density at radius 2 is 2.00 bits per heavy atom. The summed E-state index contributed by atoms with van der Waals surface area (Å²) < 4.78 is 6.18. The summed E-state index contributed by atoms with van der Waals surface area (Å²) in [6.07, 6.45) is 3.89. The Morgan fingerprint density at radius 1 is 1.21 bits per heavy atom. The molecule has 1 aromatic carbocycles. The summed E-state index contributed by atoms with van der Waals surface area (Å²) in [7, 11) is 0. The standard InChI is InChI=1S/C19H21ClN4O2S2/c20-15-6-8-16(9-7-15)26-14-17(25)21-18-22-23-19(28-18)27-13-5-4-12-24-10-2-1-3-11-24/h6-9H,1-3,10-14H2,(H,21,22,25). The van der Waals surface area contributed by atoms with Crippen LogP contribution in [0.15, 0.2) is 28.6 Å². The van der Waals surface area contributed by atoms with Crippen molar-refractivity contribution in [3.63, 3.8) is 0 Å². The van der Waals surface area contributed by atoms with Crippen LogP contribution in [0.2, 0.25) is 5.02 Å². The van der Waals surface area contributed by atoms with E-state index >= 15 is 0 Å². The van der Waals surface area contributed by atoms with Crippen LogP contribution in [0.5, 0.6) is 5.75 Å². The van der Waals surface area contributed by atoms with Gasteiger partial charge in [0.1, 0.15) is 5.75 Å². The maximum atomic E-state index is 12.0. The zero-order valence-electron chi connectivity index (χ0n) is 15.3. The van der Waals surface area contributed by atoms with Gasteiger partial charge in [0, 0.05) is 5.02 Å². The molecule has 9 heteroatoms. The second-order valence-corrected chi connectivity index (χ2v) is 8.78. The first-order chi connectivity index (χ1) is 13.7. The van der Waals surface area contributed by atoms with Crippen LogP contribution >= 0.6 is 34.7 Å². The molecule has 28 heavy (non-hydrogen) atoms. The number of halogens is 1. The number of anilines is 1. The highest BCUT2D eigenvalue weighted by atomic mass is 35.5. The maximum absolute atomic E-state index is 12.0. The summed E-state index contributed by atoms with van der Waals surface area (Å²) in [5.41, 5.74) is 0. The average molecular weight is 437 g/mol. The van der Waals surface area contributed by atoms with E-state index in [0.717, 1.165) is 24.0 Å². The predicted molar refractivity (Wildman–Crippen MR) is 114 cm³/mol. The lowest BCUT2D eigenvalue weighted by Crippen LogP contribution is -2.29. The van der Waals surface area contributed by atoms with Crippen molar-refractivity contribution >= 4 is 45.7 Å². The Hall–Kier alpha value is -1.79. The molecule has 1 N–H and O–H groups in total. The molecule has 0 unspecified atom stereocenters. The summed E-state index contributed by atoms with van der Waals surface area (Å²) >= 11 is 8.66. The quantitative estimate of drug-likeness (QED) is 0.404. The number of carbonyl (C=O) groups excluding carboxylic acids is 1. The molecule has 0 radical (unpaired) electrons. The number of nitrogens with zero attached hydrogens (tertiary/aromatic N) is 3. The maximum Gasteiger partial charge on any atom is 0.264 e. The molecule has 0 spiro atoms. The van der Waals surface area contributed by atoms with Crippen molar-refractivity contribution in [1.82, 2.24) is 15.1 Å². The van der Waals surface area contributed by atoms with E-state index in [1.807, 2.05) is 0 Å². The first-order valence-electron chi connectivity index (χ1n) is 9.01. The third-order valence-corrected chi connectivity index (χ3v) is 6.09. The molecule has 1 amide bonds. The van der Waals surface area contributed by atoms with Gasteiger partial charge >= 0.3 is 0 Å². The van der Waals surface area contributed by atoms with Crippen LogP contribution in [-0.4, -0.2) is 53.0 Å². The summed E-state index contributed by atoms with van der Waals surface area (Å²) in [5, 5.41) is 11.8. The normalized spacial score (nSPS) is 14.2. The number of likely N-dealkylation sites (tertiary alicyclic amines) is 1. The van der Waals surface area contributed by atoms with Gasteiger partial charge in [-0.25, -0.2) is 0 Å². The summed E-state index contributed by atoms with van der Waals surface area (Å²) in [6, 6.07) is 6.83. The van der Waals surface area contributed by atoms with E-state index in [1.54, 1.807) is 24.3 Å². The van der Waals surface area contributed by atoms with Gasteiger partial charge in [-0.3, -0.25) is 15.0 Å². The number of aromatic nitrogens is 2. The Balaban J connectivity index is 1.35. The number of carbonyl (C=O) groups is 1. The first kappa shape index (κ1) is 20.9. The van der Waals surface area contributed by atoms with Gasteiger partial charge in [-0.1, -0.05) is 53.0 Å². The summed E-state index contributed by atoms with van der Waals surface area (Å²) in [4.78, 5) is 14.3. The number of hydrogen-bond donors (Lipinski definition) is 1. The number of amides is 1. The van der Waals surface area contributed by atoms with Crippen molar-refractivity contribution in [2.45, 2.75) is 23.6 Å². The van der Waals surface area contributed by atoms with Gasteiger partial charge in [0.15, 0.2) is 10.9 Å². The van der Waals surface area contributed by atoms with Gasteiger partial charge in [0.05, 0.1) is 12.3 Å². The molecule has 1 fully saturated rings. The number of rotatable bonds is 7. The Morgan fingerprint density at radius 3 is 2.79 bits per heavy atom. The lowest BCUT2D eigenvalue weighted by Gasteiger charge is -2.23. The lowest BCUT2D eigenvalue weighted by molar-refractivity contribution is -0.118. The number of benzene rings is 1. The number of thioether (sulfide) groups is 1. The minimum atomic E-state index is -0.288. The first-order valence-corrected chi connectivity index (χ1v) is 11.2. The molecule has 2 heterocycles. The zero-order chi connectivity index (χ0) is 19.6. The molecule has 0 atom stereocenters. The molecule has 1 aromatic heterocycles. The lowest BCUT2D eigenvalue weighted by atomic mass is 10.1. The van der Waals surface area contributed by atoms with Crippen LogP contribution in [0.3, 0.4) is 0 Å². The van der Waals surface area contributed by atoms with Crippen molar-refractivity contribution in [3.8, 4) is 17.6 Å². The second-order valence-electron chi connectivity index (χ2n) is 6.14. The monoisotopic (exact) mass is 436 g/mol. The second kappa shape index (κ2) is 11.3. The molecular formula is C19H21ClN4O2S2. The number of hydrogen-bond acceptors (Lipinski definition) is 7. The SMILES string of the molecule is O=C(COc1ccc(Cl)cc1)Nc1nnc(SCC#CCN2CCCCC2)s1. The molecule has 0 aliphatic carbocycles. The van der Waals surface area contributed by atoms with Crippen molar-refractivity contribution in [2.75, 3.05) is 37.3 Å². The van der Waals surface area contributed by atoms with Crippen LogP contribution in [0.4, 0.5) is 5.13 Å². The van der Waals surface area contributed by atoms with Crippen molar-refractivity contribution in [2.24, 2.45) is 0 Å². The van der Waals surface area contributed by atoms with Gasteiger partial charge in [0.2, 0.25) is 5.13 Å². The van der Waals surface area contributed by atoms with Gasteiger partial charge < -0.3 is 4.74 Å². The fourth-order valence-electron chi connectivity index (χ4n) is 2.59.